The van der Waals surface area contributed by atoms with Crippen LogP contribution in [0.5, 0.6) is 34.5 Å². The van der Waals surface area contributed by atoms with Crippen molar-refractivity contribution >= 4 is 35.3 Å². The summed E-state index contributed by atoms with van der Waals surface area (Å²) in [6, 6.07) is 48.4. The number of carbonyl (C=O) groups excluding carboxylic acids is 6. The molecule has 0 spiro atoms. The average molecular weight is 1450 g/mol. The molecule has 1 unspecified atom stereocenters. The van der Waals surface area contributed by atoms with E-state index in [1.807, 2.05) is 148 Å². The molecule has 0 radical (unpaired) electrons. The van der Waals surface area contributed by atoms with Crippen molar-refractivity contribution in [2.45, 2.75) is 193 Å². The van der Waals surface area contributed by atoms with Gasteiger partial charge in [0.25, 0.3) is 0 Å². The second-order valence-corrected chi connectivity index (χ2v) is 27.8. The minimum Gasteiger partial charge on any atom is -0.497 e. The van der Waals surface area contributed by atoms with Crippen LogP contribution >= 0.6 is 0 Å². The van der Waals surface area contributed by atoms with E-state index >= 15 is 0 Å². The van der Waals surface area contributed by atoms with Gasteiger partial charge in [-0.1, -0.05) is 130 Å². The van der Waals surface area contributed by atoms with Crippen molar-refractivity contribution in [3.63, 3.8) is 0 Å². The Bertz CT molecular complexity index is 3040. The van der Waals surface area contributed by atoms with Gasteiger partial charge in [-0.25, -0.2) is 0 Å². The number of ether oxygens (including phenoxy) is 9. The second-order valence-electron chi connectivity index (χ2n) is 27.8. The van der Waals surface area contributed by atoms with Crippen LogP contribution in [0, 0.1) is 0 Å². The number of nitrogens with zero attached hydrogens (tertiary/aromatic N) is 3. The Labute approximate surface area is 628 Å². The standard InChI is InChI=1S/3C29H41NO5/c3*1-23(31)11-7-5-6-8-14-29(32)35-27(21-30(2)3)22-34-28-13-10-9-12-25(28)18-15-24-16-19-26(33-4)20-17-24/h3*9-10,12-13,16-17,19-20,27H,5-8,11,14-15,18,21-22H2,1-4H3/t2*27-;/m10./s1. The number of methoxy groups -OCH3 is 3. The molecule has 0 saturated carbocycles. The molecule has 0 aliphatic carbocycles. The number of esters is 3. The number of ketones is 3. The van der Waals surface area contributed by atoms with Crippen LogP contribution in [0.1, 0.15) is 170 Å². The zero-order valence-electron chi connectivity index (χ0n) is 65.3. The summed E-state index contributed by atoms with van der Waals surface area (Å²) >= 11 is 0. The molecule has 0 aromatic heterocycles. The molecule has 3 atom stereocenters. The number of carbonyl (C=O) groups is 6. The highest BCUT2D eigenvalue weighted by Crippen LogP contribution is 2.26. The van der Waals surface area contributed by atoms with E-state index in [0.29, 0.717) is 78.0 Å². The van der Waals surface area contributed by atoms with Crippen LogP contribution in [-0.4, -0.2) is 171 Å². The molecule has 0 heterocycles. The predicted molar refractivity (Wildman–Crippen MR) is 417 cm³/mol. The first-order valence-corrected chi connectivity index (χ1v) is 37.6. The van der Waals surface area contributed by atoms with Crippen molar-refractivity contribution in [3.8, 4) is 34.5 Å². The third kappa shape index (κ3) is 41.6. The van der Waals surface area contributed by atoms with Crippen molar-refractivity contribution < 1.29 is 71.4 Å². The van der Waals surface area contributed by atoms with E-state index in [1.165, 1.54) is 16.7 Å². The summed E-state index contributed by atoms with van der Waals surface area (Å²) in [5, 5.41) is 0. The Morgan fingerprint density at radius 2 is 0.524 bits per heavy atom. The predicted octanol–water partition coefficient (Wildman–Crippen LogP) is 15.8. The molecule has 0 aliphatic rings. The normalized spacial score (nSPS) is 11.8. The Morgan fingerprint density at radius 1 is 0.295 bits per heavy atom. The van der Waals surface area contributed by atoms with Crippen molar-refractivity contribution in [1.82, 2.24) is 14.7 Å². The fourth-order valence-corrected chi connectivity index (χ4v) is 11.6. The zero-order valence-corrected chi connectivity index (χ0v) is 65.3. The summed E-state index contributed by atoms with van der Waals surface area (Å²) < 4.78 is 51.4. The van der Waals surface area contributed by atoms with Gasteiger partial charge in [0, 0.05) is 58.2 Å². The molecule has 0 bridgehead atoms. The lowest BCUT2D eigenvalue weighted by Crippen LogP contribution is -2.35. The average Bonchev–Trinajstić information content (AvgIpc) is 0.903. The Balaban J connectivity index is 0.000000333. The molecule has 0 saturated heterocycles. The molecular weight excluding hydrogens is 1330 g/mol. The quantitative estimate of drug-likeness (QED) is 0.0198. The highest BCUT2D eigenvalue weighted by molar-refractivity contribution is 5.76. The molecule has 6 rings (SSSR count). The molecule has 576 valence electrons. The number of likely N-dealkylation sites (N-methyl/N-ethyl adjacent to an activating group) is 3. The van der Waals surface area contributed by atoms with Crippen molar-refractivity contribution in [1.29, 1.82) is 0 Å². The van der Waals surface area contributed by atoms with E-state index < -0.39 is 0 Å². The van der Waals surface area contributed by atoms with Crippen LogP contribution in [0.15, 0.2) is 146 Å². The van der Waals surface area contributed by atoms with Gasteiger partial charge in [0.05, 0.1) is 21.3 Å². The highest BCUT2D eigenvalue weighted by Gasteiger charge is 2.21. The molecule has 6 aromatic carbocycles. The third-order valence-electron chi connectivity index (χ3n) is 17.3. The number of para-hydroxylation sites is 3. The van der Waals surface area contributed by atoms with Gasteiger partial charge in [0.2, 0.25) is 0 Å². The molecule has 6 aromatic rings. The molecule has 18 nitrogen and oxygen atoms in total. The number of aryl methyl sites for hydroxylation is 6. The fourth-order valence-electron chi connectivity index (χ4n) is 11.6. The van der Waals surface area contributed by atoms with Gasteiger partial charge >= 0.3 is 17.9 Å². The Morgan fingerprint density at radius 3 is 0.743 bits per heavy atom. The smallest absolute Gasteiger partial charge is 0.306 e. The number of unbranched alkanes of at least 4 members (excludes halogenated alkanes) is 9. The van der Waals surface area contributed by atoms with Gasteiger partial charge in [-0.05, 0) is 228 Å². The minimum absolute atomic E-state index is 0.195. The molecule has 0 fully saturated rings. The lowest BCUT2D eigenvalue weighted by atomic mass is 10.0. The molecular formula is C87H123N3O15. The van der Waals surface area contributed by atoms with Gasteiger partial charge in [0.1, 0.15) is 90.0 Å². The lowest BCUT2D eigenvalue weighted by Gasteiger charge is -2.22. The van der Waals surface area contributed by atoms with Crippen LogP contribution in [0.2, 0.25) is 0 Å². The van der Waals surface area contributed by atoms with Crippen molar-refractivity contribution in [3.05, 3.63) is 179 Å². The fraction of sp³-hybridized carbons (Fsp3) is 0.517. The Hall–Kier alpha value is -8.58. The lowest BCUT2D eigenvalue weighted by molar-refractivity contribution is -0.152. The van der Waals surface area contributed by atoms with Crippen LogP contribution in [-0.2, 0) is 81.5 Å². The third-order valence-corrected chi connectivity index (χ3v) is 17.3. The SMILES string of the molecule is COc1ccc(CCc2ccccc2OCC(CN(C)C)OC(=O)CCCCCCC(C)=O)cc1.COc1ccc(CCc2ccccc2OC[C@@H](CN(C)C)OC(=O)CCCCCCC(C)=O)cc1.COc1ccc(CCc2ccccc2OC[C@H](CN(C)C)OC(=O)CCCCCCC(C)=O)cc1. The topological polar surface area (TPSA) is 195 Å². The summed E-state index contributed by atoms with van der Waals surface area (Å²) in [5.74, 6) is 5.11. The van der Waals surface area contributed by atoms with E-state index in [1.54, 1.807) is 42.1 Å². The van der Waals surface area contributed by atoms with Crippen molar-refractivity contribution in [2.75, 3.05) is 103 Å². The largest absolute Gasteiger partial charge is 0.497 e. The van der Waals surface area contributed by atoms with E-state index in [-0.39, 0.29) is 53.6 Å². The van der Waals surface area contributed by atoms with Crippen LogP contribution in [0.25, 0.3) is 0 Å². The molecule has 18 heteroatoms. The van der Waals surface area contributed by atoms with Crippen LogP contribution < -0.4 is 28.4 Å². The summed E-state index contributed by atoms with van der Waals surface area (Å²) in [7, 11) is 16.7. The second kappa shape index (κ2) is 53.2. The van der Waals surface area contributed by atoms with Crippen LogP contribution in [0.4, 0.5) is 0 Å². The first-order chi connectivity index (χ1) is 50.6. The monoisotopic (exact) mass is 1450 g/mol. The summed E-state index contributed by atoms with van der Waals surface area (Å²) in [4.78, 5) is 76.2. The van der Waals surface area contributed by atoms with E-state index in [0.717, 1.165) is 167 Å². The van der Waals surface area contributed by atoms with Gasteiger partial charge in [-0.2, -0.15) is 0 Å². The van der Waals surface area contributed by atoms with E-state index in [2.05, 4.69) is 54.6 Å². The van der Waals surface area contributed by atoms with Crippen LogP contribution in [0.3, 0.4) is 0 Å². The minimum atomic E-state index is -0.343. The number of rotatable bonds is 51. The molecule has 105 heavy (non-hydrogen) atoms. The zero-order chi connectivity index (χ0) is 76.4. The van der Waals surface area contributed by atoms with Gasteiger partial charge in [-0.15, -0.1) is 0 Å². The maximum atomic E-state index is 12.4. The maximum absolute atomic E-state index is 12.4. The number of Topliss-reactive ketones (excluding diaryl/α,β-unsaturated/α-hetero) is 3. The van der Waals surface area contributed by atoms with Gasteiger partial charge in [-0.3, -0.25) is 14.4 Å². The summed E-state index contributed by atoms with van der Waals surface area (Å²) in [5.41, 5.74) is 7.10. The summed E-state index contributed by atoms with van der Waals surface area (Å²) in [6.45, 7) is 7.55. The Kier molecular flexibility index (Phi) is 45.0. The molecule has 0 N–H and O–H groups in total. The van der Waals surface area contributed by atoms with Gasteiger partial charge < -0.3 is 71.7 Å². The first kappa shape index (κ1) is 88.8. The maximum Gasteiger partial charge on any atom is 0.306 e. The number of benzene rings is 6. The highest BCUT2D eigenvalue weighted by atomic mass is 16.6. The van der Waals surface area contributed by atoms with Crippen molar-refractivity contribution in [2.24, 2.45) is 0 Å². The summed E-state index contributed by atoms with van der Waals surface area (Å²) in [6.07, 6.45) is 17.9. The van der Waals surface area contributed by atoms with E-state index in [4.69, 9.17) is 42.6 Å². The number of hydrogen-bond acceptors (Lipinski definition) is 18. The van der Waals surface area contributed by atoms with E-state index in [9.17, 15) is 28.8 Å². The molecule has 0 amide bonds. The first-order valence-electron chi connectivity index (χ1n) is 37.6. The van der Waals surface area contributed by atoms with Gasteiger partial charge in [0.15, 0.2) is 0 Å². The molecule has 0 aliphatic heterocycles. The number of hydrogen-bond donors (Lipinski definition) is 0.